The first-order valence-electron chi connectivity index (χ1n) is 8.51. The molecule has 2 rings (SSSR count). The molecule has 23 heavy (non-hydrogen) atoms. The van der Waals surface area contributed by atoms with E-state index in [-0.39, 0.29) is 23.7 Å². The van der Waals surface area contributed by atoms with Crippen LogP contribution in [0.5, 0.6) is 0 Å². The molecule has 0 spiro atoms. The van der Waals surface area contributed by atoms with Crippen molar-refractivity contribution in [2.24, 2.45) is 5.92 Å². The van der Waals surface area contributed by atoms with E-state index >= 15 is 0 Å². The Morgan fingerprint density at radius 3 is 3.09 bits per heavy atom. The fourth-order valence-corrected chi connectivity index (χ4v) is 3.02. The molecule has 1 aromatic rings. The summed E-state index contributed by atoms with van der Waals surface area (Å²) in [6.45, 7) is 4.77. The lowest BCUT2D eigenvalue weighted by Gasteiger charge is -2.32. The molecule has 1 aliphatic heterocycles. The Morgan fingerprint density at radius 1 is 1.52 bits per heavy atom. The summed E-state index contributed by atoms with van der Waals surface area (Å²) < 4.78 is 13.3. The molecule has 2 N–H and O–H groups in total. The Bertz CT molecular complexity index is 510. The molecule has 0 aromatic heterocycles. The lowest BCUT2D eigenvalue weighted by atomic mass is 9.96. The van der Waals surface area contributed by atoms with Gasteiger partial charge in [0.05, 0.1) is 12.0 Å². The van der Waals surface area contributed by atoms with E-state index in [1.54, 1.807) is 12.1 Å². The maximum atomic E-state index is 13.3. The number of nitrogens with zero attached hydrogens (tertiary/aromatic N) is 1. The fourth-order valence-electron chi connectivity index (χ4n) is 3.02. The number of aliphatic hydroxyl groups is 1. The van der Waals surface area contributed by atoms with Crippen molar-refractivity contribution < 1.29 is 14.3 Å². The summed E-state index contributed by atoms with van der Waals surface area (Å²) in [5, 5.41) is 12.4. The van der Waals surface area contributed by atoms with Crippen LogP contribution in [-0.2, 0) is 11.3 Å². The van der Waals surface area contributed by atoms with Crippen LogP contribution in [0, 0.1) is 11.7 Å². The van der Waals surface area contributed by atoms with Crippen LogP contribution in [0.4, 0.5) is 4.39 Å². The molecule has 0 radical (unpaired) electrons. The average Bonchev–Trinajstić information content (AvgIpc) is 2.55. The number of amides is 1. The molecule has 0 bridgehead atoms. The molecule has 0 saturated carbocycles. The minimum absolute atomic E-state index is 0.0175. The molecule has 1 saturated heterocycles. The molecule has 5 heteroatoms. The second kappa shape index (κ2) is 8.99. The van der Waals surface area contributed by atoms with Crippen molar-refractivity contribution in [3.05, 3.63) is 35.6 Å². The van der Waals surface area contributed by atoms with Crippen LogP contribution < -0.4 is 5.32 Å². The maximum absolute atomic E-state index is 13.3. The van der Waals surface area contributed by atoms with Crippen molar-refractivity contribution in [3.63, 3.8) is 0 Å². The van der Waals surface area contributed by atoms with Crippen molar-refractivity contribution in [1.82, 2.24) is 10.2 Å². The third-order valence-electron chi connectivity index (χ3n) is 4.42. The number of piperidine rings is 1. The SMILES string of the molecule is CCC(O)CCNC(=O)C1CCCN(Cc2cccc(F)c2)C1. The van der Waals surface area contributed by atoms with Gasteiger partial charge in [-0.25, -0.2) is 4.39 Å². The number of nitrogens with one attached hydrogen (secondary N) is 1. The van der Waals surface area contributed by atoms with Gasteiger partial charge in [0.2, 0.25) is 5.91 Å². The molecule has 1 amide bonds. The van der Waals surface area contributed by atoms with Gasteiger partial charge < -0.3 is 10.4 Å². The van der Waals surface area contributed by atoms with Gasteiger partial charge >= 0.3 is 0 Å². The van der Waals surface area contributed by atoms with E-state index in [2.05, 4.69) is 10.2 Å². The van der Waals surface area contributed by atoms with Crippen LogP contribution >= 0.6 is 0 Å². The molecule has 1 aromatic carbocycles. The number of halogens is 1. The van der Waals surface area contributed by atoms with Crippen molar-refractivity contribution in [1.29, 1.82) is 0 Å². The molecule has 0 aliphatic carbocycles. The van der Waals surface area contributed by atoms with Crippen LogP contribution in [0.15, 0.2) is 24.3 Å². The zero-order valence-electron chi connectivity index (χ0n) is 13.8. The summed E-state index contributed by atoms with van der Waals surface area (Å²) in [5.74, 6) is -0.170. The Hall–Kier alpha value is -1.46. The molecule has 4 nitrogen and oxygen atoms in total. The zero-order chi connectivity index (χ0) is 16.7. The van der Waals surface area contributed by atoms with Gasteiger partial charge in [-0.3, -0.25) is 9.69 Å². The van der Waals surface area contributed by atoms with Gasteiger partial charge in [0.1, 0.15) is 5.82 Å². The molecule has 2 unspecified atom stereocenters. The number of carbonyl (C=O) groups is 1. The predicted octanol–water partition coefficient (Wildman–Crippen LogP) is 2.31. The monoisotopic (exact) mass is 322 g/mol. The van der Waals surface area contributed by atoms with Crippen molar-refractivity contribution in [2.75, 3.05) is 19.6 Å². The molecule has 1 aliphatic rings. The van der Waals surface area contributed by atoms with E-state index in [9.17, 15) is 14.3 Å². The number of likely N-dealkylation sites (tertiary alicyclic amines) is 1. The highest BCUT2D eigenvalue weighted by Crippen LogP contribution is 2.19. The predicted molar refractivity (Wildman–Crippen MR) is 88.3 cm³/mol. The number of carbonyl (C=O) groups excluding carboxylic acids is 1. The Labute approximate surface area is 137 Å². The van der Waals surface area contributed by atoms with Gasteiger partial charge in [0.25, 0.3) is 0 Å². The summed E-state index contributed by atoms with van der Waals surface area (Å²) in [6.07, 6.45) is 2.83. The number of aliphatic hydroxyl groups excluding tert-OH is 1. The average molecular weight is 322 g/mol. The van der Waals surface area contributed by atoms with Crippen LogP contribution in [0.2, 0.25) is 0 Å². The summed E-state index contributed by atoms with van der Waals surface area (Å²) in [6, 6.07) is 6.63. The smallest absolute Gasteiger partial charge is 0.224 e. The van der Waals surface area contributed by atoms with E-state index in [1.807, 2.05) is 13.0 Å². The summed E-state index contributed by atoms with van der Waals surface area (Å²) in [4.78, 5) is 14.5. The largest absolute Gasteiger partial charge is 0.393 e. The van der Waals surface area contributed by atoms with Crippen molar-refractivity contribution >= 4 is 5.91 Å². The van der Waals surface area contributed by atoms with E-state index in [4.69, 9.17) is 0 Å². The highest BCUT2D eigenvalue weighted by atomic mass is 19.1. The first kappa shape index (κ1) is 17.9. The Balaban J connectivity index is 1.79. The summed E-state index contributed by atoms with van der Waals surface area (Å²) in [7, 11) is 0. The van der Waals surface area contributed by atoms with Gasteiger partial charge in [0.15, 0.2) is 0 Å². The first-order chi connectivity index (χ1) is 11.1. The van der Waals surface area contributed by atoms with E-state index in [1.165, 1.54) is 6.07 Å². The fraction of sp³-hybridized carbons (Fsp3) is 0.611. The number of hydrogen-bond acceptors (Lipinski definition) is 3. The highest BCUT2D eigenvalue weighted by Gasteiger charge is 2.25. The van der Waals surface area contributed by atoms with Gasteiger partial charge in [-0.15, -0.1) is 0 Å². The van der Waals surface area contributed by atoms with Gasteiger partial charge in [0, 0.05) is 19.6 Å². The Morgan fingerprint density at radius 2 is 2.35 bits per heavy atom. The number of hydrogen-bond donors (Lipinski definition) is 2. The number of rotatable bonds is 7. The second-order valence-corrected chi connectivity index (χ2v) is 6.35. The zero-order valence-corrected chi connectivity index (χ0v) is 13.8. The van der Waals surface area contributed by atoms with E-state index < -0.39 is 0 Å². The second-order valence-electron chi connectivity index (χ2n) is 6.35. The van der Waals surface area contributed by atoms with Crippen LogP contribution in [0.25, 0.3) is 0 Å². The van der Waals surface area contributed by atoms with E-state index in [0.29, 0.717) is 32.5 Å². The standard InChI is InChI=1S/C18H27FN2O2/c1-2-17(22)8-9-20-18(23)15-6-4-10-21(13-15)12-14-5-3-7-16(19)11-14/h3,5,7,11,15,17,22H,2,4,6,8-10,12-13H2,1H3,(H,20,23). The number of benzene rings is 1. The third kappa shape index (κ3) is 5.92. The van der Waals surface area contributed by atoms with Gasteiger partial charge in [-0.05, 0) is 49.9 Å². The summed E-state index contributed by atoms with van der Waals surface area (Å²) >= 11 is 0. The minimum Gasteiger partial charge on any atom is -0.393 e. The van der Waals surface area contributed by atoms with Gasteiger partial charge in [-0.2, -0.15) is 0 Å². The normalized spacial score (nSPS) is 20.2. The first-order valence-corrected chi connectivity index (χ1v) is 8.51. The molecular formula is C18H27FN2O2. The molecule has 128 valence electrons. The van der Waals surface area contributed by atoms with Crippen molar-refractivity contribution in [3.8, 4) is 0 Å². The van der Waals surface area contributed by atoms with Crippen LogP contribution in [0.1, 0.15) is 38.2 Å². The quantitative estimate of drug-likeness (QED) is 0.810. The Kier molecular flexibility index (Phi) is 6.99. The maximum Gasteiger partial charge on any atom is 0.224 e. The lowest BCUT2D eigenvalue weighted by Crippen LogP contribution is -2.43. The highest BCUT2D eigenvalue weighted by molar-refractivity contribution is 5.78. The third-order valence-corrected chi connectivity index (χ3v) is 4.42. The molecule has 1 heterocycles. The summed E-state index contributed by atoms with van der Waals surface area (Å²) in [5.41, 5.74) is 0.942. The van der Waals surface area contributed by atoms with Gasteiger partial charge in [-0.1, -0.05) is 19.1 Å². The van der Waals surface area contributed by atoms with E-state index in [0.717, 1.165) is 24.9 Å². The van der Waals surface area contributed by atoms with Crippen LogP contribution in [0.3, 0.4) is 0 Å². The minimum atomic E-state index is -0.342. The van der Waals surface area contributed by atoms with Crippen molar-refractivity contribution in [2.45, 2.75) is 45.3 Å². The molecule has 1 fully saturated rings. The molecular weight excluding hydrogens is 295 g/mol. The molecule has 2 atom stereocenters. The lowest BCUT2D eigenvalue weighted by molar-refractivity contribution is -0.126. The van der Waals surface area contributed by atoms with Crippen LogP contribution in [-0.4, -0.2) is 41.7 Å². The topological polar surface area (TPSA) is 52.6 Å².